The van der Waals surface area contributed by atoms with Gasteiger partial charge in [0.25, 0.3) is 0 Å². The van der Waals surface area contributed by atoms with E-state index in [1.807, 2.05) is 65.4 Å². The first kappa shape index (κ1) is 12.7. The van der Waals surface area contributed by atoms with Gasteiger partial charge in [0.2, 0.25) is 0 Å². The van der Waals surface area contributed by atoms with Crippen LogP contribution in [-0.4, -0.2) is 4.57 Å². The van der Waals surface area contributed by atoms with Crippen LogP contribution in [-0.2, 0) is 0 Å². The van der Waals surface area contributed by atoms with Gasteiger partial charge in [-0.05, 0) is 24.1 Å². The number of nitrogen functional groups attached to an aromatic ring is 1. The molecule has 0 bridgehead atoms. The Kier molecular flexibility index (Phi) is 3.16. The van der Waals surface area contributed by atoms with E-state index in [4.69, 9.17) is 11.1 Å². The van der Waals surface area contributed by atoms with E-state index in [1.54, 1.807) is 0 Å². The van der Waals surface area contributed by atoms with Gasteiger partial charge in [0.1, 0.15) is 0 Å². The fraction of sp³-hybridized carbons (Fsp3) is 0.0625. The average Bonchev–Trinajstić information content (AvgIpc) is 2.82. The van der Waals surface area contributed by atoms with E-state index in [0.29, 0.717) is 10.5 Å². The standard InChI is InChI=1S/C16H15N3S/c1-11-6-5-9-13(17)15(11)19-14(10-20-16(19)18)12-7-3-2-4-8-12/h2-10,18H,17H2,1H3. The molecule has 100 valence electrons. The van der Waals surface area contributed by atoms with Crippen molar-refractivity contribution in [3.8, 4) is 16.9 Å². The van der Waals surface area contributed by atoms with Crippen LogP contribution in [0, 0.1) is 12.3 Å². The molecular weight excluding hydrogens is 266 g/mol. The van der Waals surface area contributed by atoms with E-state index < -0.39 is 0 Å². The van der Waals surface area contributed by atoms with Gasteiger partial charge in [0.05, 0.1) is 17.1 Å². The van der Waals surface area contributed by atoms with Crippen LogP contribution in [0.3, 0.4) is 0 Å². The van der Waals surface area contributed by atoms with Gasteiger partial charge in [0, 0.05) is 5.38 Å². The zero-order valence-electron chi connectivity index (χ0n) is 11.1. The normalized spacial score (nSPS) is 10.7. The topological polar surface area (TPSA) is 54.8 Å². The van der Waals surface area contributed by atoms with Crippen molar-refractivity contribution in [1.29, 1.82) is 5.41 Å². The molecule has 3 rings (SSSR count). The minimum atomic E-state index is 0.477. The van der Waals surface area contributed by atoms with E-state index in [9.17, 15) is 0 Å². The summed E-state index contributed by atoms with van der Waals surface area (Å²) in [4.78, 5) is 0.477. The second-order valence-corrected chi connectivity index (χ2v) is 5.50. The highest BCUT2D eigenvalue weighted by atomic mass is 32.1. The van der Waals surface area contributed by atoms with Gasteiger partial charge in [-0.2, -0.15) is 0 Å². The summed E-state index contributed by atoms with van der Waals surface area (Å²) in [6, 6.07) is 15.9. The number of thiazole rings is 1. The molecule has 0 amide bonds. The molecule has 0 atom stereocenters. The highest BCUT2D eigenvalue weighted by molar-refractivity contribution is 7.07. The summed E-state index contributed by atoms with van der Waals surface area (Å²) in [6.07, 6.45) is 0. The van der Waals surface area contributed by atoms with Crippen molar-refractivity contribution in [3.05, 3.63) is 64.3 Å². The lowest BCUT2D eigenvalue weighted by molar-refractivity contribution is 0.978. The Morgan fingerprint density at radius 1 is 1.05 bits per heavy atom. The Balaban J connectivity index is 2.31. The second-order valence-electron chi connectivity index (χ2n) is 4.64. The van der Waals surface area contributed by atoms with Crippen LogP contribution < -0.4 is 10.5 Å². The Bertz CT molecular complexity index is 780. The summed E-state index contributed by atoms with van der Waals surface area (Å²) in [5, 5.41) is 10.2. The molecule has 3 aromatic rings. The van der Waals surface area contributed by atoms with Crippen LogP contribution in [0.5, 0.6) is 0 Å². The summed E-state index contributed by atoms with van der Waals surface area (Å²) in [5.74, 6) is 0. The number of nitrogens with zero attached hydrogens (tertiary/aromatic N) is 1. The number of nitrogens with one attached hydrogen (secondary N) is 1. The molecule has 4 heteroatoms. The van der Waals surface area contributed by atoms with E-state index in [1.165, 1.54) is 11.3 Å². The molecule has 0 radical (unpaired) electrons. The van der Waals surface area contributed by atoms with Gasteiger partial charge >= 0.3 is 0 Å². The van der Waals surface area contributed by atoms with Crippen molar-refractivity contribution in [2.75, 3.05) is 5.73 Å². The molecule has 0 saturated carbocycles. The van der Waals surface area contributed by atoms with Crippen LogP contribution >= 0.6 is 11.3 Å². The van der Waals surface area contributed by atoms with Crippen LogP contribution in [0.15, 0.2) is 53.9 Å². The molecule has 3 N–H and O–H groups in total. The third-order valence-electron chi connectivity index (χ3n) is 3.29. The zero-order chi connectivity index (χ0) is 14.1. The van der Waals surface area contributed by atoms with Gasteiger partial charge in [-0.15, -0.1) is 11.3 Å². The molecule has 3 nitrogen and oxygen atoms in total. The lowest BCUT2D eigenvalue weighted by Gasteiger charge is -2.14. The lowest BCUT2D eigenvalue weighted by atomic mass is 10.1. The zero-order valence-corrected chi connectivity index (χ0v) is 11.9. The number of hydrogen-bond acceptors (Lipinski definition) is 3. The highest BCUT2D eigenvalue weighted by Gasteiger charge is 2.13. The summed E-state index contributed by atoms with van der Waals surface area (Å²) >= 11 is 1.41. The molecule has 20 heavy (non-hydrogen) atoms. The van der Waals surface area contributed by atoms with Gasteiger partial charge in [-0.3, -0.25) is 9.98 Å². The first-order valence-corrected chi connectivity index (χ1v) is 7.22. The molecule has 0 unspecified atom stereocenters. The van der Waals surface area contributed by atoms with E-state index in [2.05, 4.69) is 0 Å². The molecule has 0 saturated heterocycles. The fourth-order valence-corrected chi connectivity index (χ4v) is 3.10. The Morgan fingerprint density at radius 3 is 2.50 bits per heavy atom. The van der Waals surface area contributed by atoms with Gasteiger partial charge < -0.3 is 5.73 Å². The molecule has 1 heterocycles. The molecule has 1 aromatic heterocycles. The SMILES string of the molecule is Cc1cccc(N)c1-n1c(-c2ccccc2)csc1=N. The second kappa shape index (κ2) is 4.98. The Labute approximate surface area is 121 Å². The third kappa shape index (κ3) is 2.04. The Hall–Kier alpha value is -2.33. The minimum Gasteiger partial charge on any atom is -0.397 e. The van der Waals surface area contributed by atoms with E-state index in [-0.39, 0.29) is 0 Å². The first-order valence-electron chi connectivity index (χ1n) is 6.34. The summed E-state index contributed by atoms with van der Waals surface area (Å²) < 4.78 is 1.92. The van der Waals surface area contributed by atoms with Gasteiger partial charge in [-0.1, -0.05) is 42.5 Å². The largest absolute Gasteiger partial charge is 0.397 e. The average molecular weight is 281 g/mol. The predicted molar refractivity (Wildman–Crippen MR) is 84.1 cm³/mol. The maximum atomic E-state index is 8.20. The van der Waals surface area contributed by atoms with Crippen LogP contribution in [0.1, 0.15) is 5.56 Å². The summed E-state index contributed by atoms with van der Waals surface area (Å²) in [7, 11) is 0. The molecule has 0 aliphatic heterocycles. The first-order chi connectivity index (χ1) is 9.68. The van der Waals surface area contributed by atoms with Crippen LogP contribution in [0.25, 0.3) is 16.9 Å². The monoisotopic (exact) mass is 281 g/mol. The van der Waals surface area contributed by atoms with Crippen LogP contribution in [0.2, 0.25) is 0 Å². The van der Waals surface area contributed by atoms with Gasteiger partial charge in [-0.25, -0.2) is 0 Å². The molecule has 0 aliphatic carbocycles. The van der Waals surface area contributed by atoms with Crippen molar-refractivity contribution in [1.82, 2.24) is 4.57 Å². The summed E-state index contributed by atoms with van der Waals surface area (Å²) in [5.41, 5.74) is 10.9. The fourth-order valence-electron chi connectivity index (χ4n) is 2.34. The van der Waals surface area contributed by atoms with Crippen molar-refractivity contribution in [3.63, 3.8) is 0 Å². The third-order valence-corrected chi connectivity index (χ3v) is 4.04. The van der Waals surface area contributed by atoms with Gasteiger partial charge in [0.15, 0.2) is 4.80 Å². The number of rotatable bonds is 2. The highest BCUT2D eigenvalue weighted by Crippen LogP contribution is 2.27. The van der Waals surface area contributed by atoms with E-state index >= 15 is 0 Å². The molecule has 2 aromatic carbocycles. The summed E-state index contributed by atoms with van der Waals surface area (Å²) in [6.45, 7) is 2.02. The van der Waals surface area contributed by atoms with Crippen molar-refractivity contribution < 1.29 is 0 Å². The maximum absolute atomic E-state index is 8.20. The number of aryl methyl sites for hydroxylation is 1. The number of aromatic nitrogens is 1. The molecular formula is C16H15N3S. The van der Waals surface area contributed by atoms with Crippen molar-refractivity contribution in [2.24, 2.45) is 0 Å². The predicted octanol–water partition coefficient (Wildman–Crippen LogP) is 3.58. The molecule has 0 aliphatic rings. The smallest absolute Gasteiger partial charge is 0.187 e. The van der Waals surface area contributed by atoms with Crippen molar-refractivity contribution >= 4 is 17.0 Å². The number of para-hydroxylation sites is 1. The van der Waals surface area contributed by atoms with E-state index in [0.717, 1.165) is 22.5 Å². The maximum Gasteiger partial charge on any atom is 0.187 e. The molecule has 0 fully saturated rings. The van der Waals surface area contributed by atoms with Crippen LogP contribution in [0.4, 0.5) is 5.69 Å². The number of nitrogens with two attached hydrogens (primary N) is 1. The number of hydrogen-bond donors (Lipinski definition) is 2. The minimum absolute atomic E-state index is 0.477. The molecule has 0 spiro atoms. The number of anilines is 1. The Morgan fingerprint density at radius 2 is 1.80 bits per heavy atom. The number of benzene rings is 2. The lowest BCUT2D eigenvalue weighted by Crippen LogP contribution is -2.15. The quantitative estimate of drug-likeness (QED) is 0.693. The van der Waals surface area contributed by atoms with Crippen molar-refractivity contribution in [2.45, 2.75) is 6.92 Å².